The van der Waals surface area contributed by atoms with E-state index in [4.69, 9.17) is 15.7 Å². The molecular weight excluding hydrogens is 201 g/mol. The Morgan fingerprint density at radius 1 is 1.67 bits per heavy atom. The first-order valence-corrected chi connectivity index (χ1v) is 3.06. The molecule has 0 aromatic carbocycles. The highest BCUT2D eigenvalue weighted by Crippen LogP contribution is 1.99. The van der Waals surface area contributed by atoms with Crippen LogP contribution in [0, 0.1) is 0 Å². The number of nitrogens with zero attached hydrogens (tertiary/aromatic N) is 2. The van der Waals surface area contributed by atoms with E-state index in [1.807, 2.05) is 0 Å². The van der Waals surface area contributed by atoms with Crippen molar-refractivity contribution >= 4 is 29.9 Å². The van der Waals surface area contributed by atoms with Crippen LogP contribution in [0.25, 0.3) is 0 Å². The number of hydrogen-bond acceptors (Lipinski definition) is 3. The molecule has 1 heterocycles. The lowest BCUT2D eigenvalue weighted by Crippen LogP contribution is -2.18. The van der Waals surface area contributed by atoms with E-state index in [-0.39, 0.29) is 23.3 Å². The smallest absolute Gasteiger partial charge is 0.254 e. The number of rotatable bonds is 1. The Labute approximate surface area is 85.0 Å². The molecule has 1 N–H and O–H groups in total. The molecule has 0 aliphatic heterocycles. The van der Waals surface area contributed by atoms with Crippen LogP contribution in [-0.4, -0.2) is 22.9 Å². The fourth-order valence-electron chi connectivity index (χ4n) is 0.502. The molecule has 1 rings (SSSR count). The Hall–Kier alpha value is -0.870. The van der Waals surface area contributed by atoms with Crippen LogP contribution in [0.15, 0.2) is 12.4 Å². The van der Waals surface area contributed by atoms with Crippen molar-refractivity contribution in [2.75, 3.05) is 6.98 Å². The molecule has 12 heavy (non-hydrogen) atoms. The van der Waals surface area contributed by atoms with E-state index in [2.05, 4.69) is 9.97 Å². The van der Waals surface area contributed by atoms with Gasteiger partial charge in [-0.05, 0) is 11.6 Å². The van der Waals surface area contributed by atoms with E-state index >= 15 is 0 Å². The van der Waals surface area contributed by atoms with Crippen LogP contribution >= 0.6 is 24.0 Å². The molecule has 0 aliphatic carbocycles. The van der Waals surface area contributed by atoms with E-state index in [1.54, 1.807) is 5.32 Å². The van der Waals surface area contributed by atoms with Gasteiger partial charge in [0.1, 0.15) is 0 Å². The van der Waals surface area contributed by atoms with Gasteiger partial charge in [-0.3, -0.25) is 4.79 Å². The summed E-state index contributed by atoms with van der Waals surface area (Å²) in [7, 11) is 0. The predicted molar refractivity (Wildman–Crippen MR) is 47.7 cm³/mol. The van der Waals surface area contributed by atoms with Gasteiger partial charge in [0.2, 0.25) is 5.28 Å². The number of hydrogen-bond donors (Lipinski definition) is 1. The van der Waals surface area contributed by atoms with Gasteiger partial charge in [-0.15, -0.1) is 12.4 Å². The Kier molecular flexibility index (Phi) is 2.70. The Morgan fingerprint density at radius 3 is 2.75 bits per heavy atom. The normalized spacial score (nSPS) is 13.2. The highest BCUT2D eigenvalue weighted by Gasteiger charge is 2.02. The maximum atomic E-state index is 11.2. The van der Waals surface area contributed by atoms with Crippen LogP contribution in [0.4, 0.5) is 0 Å². The molecule has 1 amide bonds. The first-order chi connectivity index (χ1) is 6.38. The summed E-state index contributed by atoms with van der Waals surface area (Å²) in [6.45, 7) is -2.52. The second-order valence-corrected chi connectivity index (χ2v) is 2.03. The largest absolute Gasteiger partial charge is 0.355 e. The minimum atomic E-state index is -2.52. The standard InChI is InChI=1S/C6H6ClN3O.ClH/c1-8-5(11)4-2-9-6(7)10-3-4;/h2-3H,1H3,(H,8,11);1H/i1D3;. The predicted octanol–water partition coefficient (Wildman–Crippen LogP) is 0.911. The first kappa shape index (κ1) is 6.62. The van der Waals surface area contributed by atoms with Gasteiger partial charge in [0.05, 0.1) is 5.56 Å². The molecule has 1 aromatic heterocycles. The van der Waals surface area contributed by atoms with E-state index in [0.29, 0.717) is 0 Å². The van der Waals surface area contributed by atoms with Crippen molar-refractivity contribution in [1.29, 1.82) is 0 Å². The van der Waals surface area contributed by atoms with Gasteiger partial charge in [-0.2, -0.15) is 0 Å². The zero-order valence-electron chi connectivity index (χ0n) is 8.74. The molecule has 0 saturated carbocycles. The second kappa shape index (κ2) is 4.90. The van der Waals surface area contributed by atoms with Gasteiger partial charge in [0, 0.05) is 23.5 Å². The summed E-state index contributed by atoms with van der Waals surface area (Å²) in [5.74, 6) is -0.762. The Morgan fingerprint density at radius 2 is 2.25 bits per heavy atom. The van der Waals surface area contributed by atoms with Gasteiger partial charge in [-0.25, -0.2) is 9.97 Å². The average Bonchev–Trinajstić information content (AvgIpc) is 2.02. The van der Waals surface area contributed by atoms with Crippen molar-refractivity contribution in [1.82, 2.24) is 15.3 Å². The number of halogens is 2. The highest BCUT2D eigenvalue weighted by molar-refractivity contribution is 6.28. The minimum Gasteiger partial charge on any atom is -0.355 e. The monoisotopic (exact) mass is 210 g/mol. The lowest BCUT2D eigenvalue weighted by molar-refractivity contribution is 0.0962. The fourth-order valence-corrected chi connectivity index (χ4v) is 0.599. The van der Waals surface area contributed by atoms with Crippen molar-refractivity contribution in [2.45, 2.75) is 0 Å². The van der Waals surface area contributed by atoms with Gasteiger partial charge >= 0.3 is 0 Å². The van der Waals surface area contributed by atoms with Crippen LogP contribution in [0.2, 0.25) is 5.28 Å². The molecule has 0 unspecified atom stereocenters. The van der Waals surface area contributed by atoms with Crippen molar-refractivity contribution in [3.05, 3.63) is 23.2 Å². The lowest BCUT2D eigenvalue weighted by Gasteiger charge is -1.96. The first-order valence-electron chi connectivity index (χ1n) is 4.18. The SMILES string of the molecule is Cl.[2H]C([2H])([2H])NC(=O)c1cnc(Cl)nc1. The van der Waals surface area contributed by atoms with Crippen LogP contribution in [0.1, 0.15) is 14.5 Å². The van der Waals surface area contributed by atoms with Crippen molar-refractivity contribution in [2.24, 2.45) is 0 Å². The quantitative estimate of drug-likeness (QED) is 0.702. The second-order valence-electron chi connectivity index (χ2n) is 1.69. The molecule has 66 valence electrons. The van der Waals surface area contributed by atoms with Gasteiger partial charge in [-0.1, -0.05) is 0 Å². The fraction of sp³-hybridized carbons (Fsp3) is 0.167. The third-order valence-corrected chi connectivity index (χ3v) is 1.19. The Balaban J connectivity index is 0.00000196. The maximum absolute atomic E-state index is 11.2. The molecule has 6 heteroatoms. The molecular formula is C6H7Cl2N3O. The maximum Gasteiger partial charge on any atom is 0.254 e. The van der Waals surface area contributed by atoms with E-state index in [9.17, 15) is 4.79 Å². The summed E-state index contributed by atoms with van der Waals surface area (Å²) in [6.07, 6.45) is 2.30. The average molecular weight is 211 g/mol. The van der Waals surface area contributed by atoms with Crippen LogP contribution in [0.5, 0.6) is 0 Å². The summed E-state index contributed by atoms with van der Waals surface area (Å²) in [5.41, 5.74) is 0.0468. The molecule has 0 fully saturated rings. The lowest BCUT2D eigenvalue weighted by atomic mass is 10.3. The molecule has 0 saturated heterocycles. The number of carbonyl (C=O) groups excluding carboxylic acids is 1. The zero-order valence-corrected chi connectivity index (χ0v) is 7.32. The van der Waals surface area contributed by atoms with Crippen molar-refractivity contribution in [3.63, 3.8) is 0 Å². The van der Waals surface area contributed by atoms with Gasteiger partial charge in [0.25, 0.3) is 5.91 Å². The summed E-state index contributed by atoms with van der Waals surface area (Å²) in [6, 6.07) is 0. The van der Waals surface area contributed by atoms with E-state index in [1.165, 1.54) is 0 Å². The van der Waals surface area contributed by atoms with Crippen LogP contribution < -0.4 is 5.32 Å². The number of amides is 1. The molecule has 1 aromatic rings. The third-order valence-electron chi connectivity index (χ3n) is 0.996. The summed E-state index contributed by atoms with van der Waals surface area (Å²) >= 11 is 5.38. The topological polar surface area (TPSA) is 54.9 Å². The number of nitrogens with one attached hydrogen (secondary N) is 1. The third kappa shape index (κ3) is 2.64. The van der Waals surface area contributed by atoms with E-state index < -0.39 is 12.9 Å². The number of carbonyl (C=O) groups is 1. The van der Waals surface area contributed by atoms with Gasteiger partial charge < -0.3 is 5.32 Å². The molecule has 0 bridgehead atoms. The van der Waals surface area contributed by atoms with Gasteiger partial charge in [0.15, 0.2) is 0 Å². The van der Waals surface area contributed by atoms with Crippen LogP contribution in [-0.2, 0) is 0 Å². The molecule has 0 radical (unpaired) electrons. The van der Waals surface area contributed by atoms with Crippen molar-refractivity contribution in [3.8, 4) is 0 Å². The zero-order chi connectivity index (χ0) is 10.8. The number of aromatic nitrogens is 2. The van der Waals surface area contributed by atoms with Crippen LogP contribution in [0.3, 0.4) is 0 Å². The summed E-state index contributed by atoms with van der Waals surface area (Å²) < 4.78 is 20.4. The molecule has 4 nitrogen and oxygen atoms in total. The van der Waals surface area contributed by atoms with E-state index in [0.717, 1.165) is 12.4 Å². The molecule has 0 atom stereocenters. The Bertz CT molecular complexity index is 340. The highest BCUT2D eigenvalue weighted by atomic mass is 35.5. The summed E-state index contributed by atoms with van der Waals surface area (Å²) in [5, 5.41) is 1.79. The minimum absolute atomic E-state index is 0. The summed E-state index contributed by atoms with van der Waals surface area (Å²) in [4.78, 5) is 18.3. The molecule has 0 aliphatic rings. The molecule has 0 spiro atoms. The van der Waals surface area contributed by atoms with Crippen molar-refractivity contribution < 1.29 is 8.91 Å².